The van der Waals surface area contributed by atoms with E-state index in [2.05, 4.69) is 106 Å². The molecule has 6 heteroatoms. The molecule has 0 aliphatic rings. The molecule has 0 aliphatic heterocycles. The van der Waals surface area contributed by atoms with Crippen molar-refractivity contribution in [1.29, 1.82) is 0 Å². The van der Waals surface area contributed by atoms with E-state index in [0.29, 0.717) is 19.3 Å². The van der Waals surface area contributed by atoms with Crippen LogP contribution in [-0.2, 0) is 28.6 Å². The number of ether oxygens (including phenoxy) is 3. The molecule has 0 spiro atoms. The van der Waals surface area contributed by atoms with E-state index >= 15 is 0 Å². The average molecular weight is 835 g/mol. The van der Waals surface area contributed by atoms with Crippen LogP contribution in [0.4, 0.5) is 0 Å². The largest absolute Gasteiger partial charge is 0.462 e. The molecule has 0 aromatic heterocycles. The van der Waals surface area contributed by atoms with Crippen LogP contribution in [0.1, 0.15) is 220 Å². The molecule has 60 heavy (non-hydrogen) atoms. The van der Waals surface area contributed by atoms with Crippen molar-refractivity contribution in [2.24, 2.45) is 0 Å². The molecule has 1 atom stereocenters. The van der Waals surface area contributed by atoms with Crippen LogP contribution in [0.5, 0.6) is 0 Å². The van der Waals surface area contributed by atoms with Crippen molar-refractivity contribution in [3.63, 3.8) is 0 Å². The monoisotopic (exact) mass is 835 g/mol. The van der Waals surface area contributed by atoms with Crippen LogP contribution in [-0.4, -0.2) is 37.2 Å². The highest BCUT2D eigenvalue weighted by Gasteiger charge is 2.19. The lowest BCUT2D eigenvalue weighted by Gasteiger charge is -2.18. The second kappa shape index (κ2) is 48.3. The minimum atomic E-state index is -0.798. The number of hydrogen-bond donors (Lipinski definition) is 0. The molecule has 0 radical (unpaired) electrons. The fourth-order valence-corrected chi connectivity index (χ4v) is 6.55. The van der Waals surface area contributed by atoms with E-state index in [0.717, 1.165) is 116 Å². The summed E-state index contributed by atoms with van der Waals surface area (Å²) in [4.78, 5) is 37.9. The van der Waals surface area contributed by atoms with E-state index in [-0.39, 0.29) is 31.1 Å². The van der Waals surface area contributed by atoms with Gasteiger partial charge in [0.2, 0.25) is 0 Å². The molecule has 0 fully saturated rings. The van der Waals surface area contributed by atoms with E-state index in [1.165, 1.54) is 64.2 Å². The Labute approximate surface area is 369 Å². The first-order valence-electron chi connectivity index (χ1n) is 24.7. The van der Waals surface area contributed by atoms with Crippen molar-refractivity contribution in [3.05, 3.63) is 85.1 Å². The van der Waals surface area contributed by atoms with Crippen molar-refractivity contribution < 1.29 is 28.6 Å². The highest BCUT2D eigenvalue weighted by atomic mass is 16.6. The lowest BCUT2D eigenvalue weighted by Crippen LogP contribution is -2.30. The van der Waals surface area contributed by atoms with Gasteiger partial charge in [0, 0.05) is 19.3 Å². The number of allylic oxidation sites excluding steroid dienone is 14. The third kappa shape index (κ3) is 45.7. The molecule has 0 saturated heterocycles. The van der Waals surface area contributed by atoms with Gasteiger partial charge < -0.3 is 14.2 Å². The van der Waals surface area contributed by atoms with Crippen molar-refractivity contribution in [3.8, 4) is 0 Å². The quantitative estimate of drug-likeness (QED) is 0.0200. The second-order valence-corrected chi connectivity index (χ2v) is 16.1. The van der Waals surface area contributed by atoms with Gasteiger partial charge in [-0.05, 0) is 83.5 Å². The number of carbonyl (C=O) groups excluding carboxylic acids is 3. The number of esters is 3. The standard InChI is InChI=1S/C54H90O6/c1-4-7-10-13-16-19-22-25-26-27-30-32-35-38-41-44-47-53(56)59-50-51(60-54(57)48-45-42-39-36-33-29-24-21-18-15-12-9-6-3)49-58-52(55)46-43-40-37-34-31-28-23-20-17-14-11-8-5-2/h8-9,11-12,14-15,17-18,20-21,23-24,26-27,51H,4-7,10,13,16,19,22,25,28-50H2,1-3H3/b11-8+,12-9+,17-14+,18-15+,23-20+,24-21+,27-26+. The van der Waals surface area contributed by atoms with Crippen molar-refractivity contribution in [2.75, 3.05) is 13.2 Å². The third-order valence-corrected chi connectivity index (χ3v) is 10.2. The summed E-state index contributed by atoms with van der Waals surface area (Å²) >= 11 is 0. The van der Waals surface area contributed by atoms with Gasteiger partial charge in [0.15, 0.2) is 6.10 Å². The zero-order chi connectivity index (χ0) is 43.7. The van der Waals surface area contributed by atoms with E-state index in [4.69, 9.17) is 14.2 Å². The van der Waals surface area contributed by atoms with Crippen LogP contribution < -0.4 is 0 Å². The highest BCUT2D eigenvalue weighted by Crippen LogP contribution is 2.13. The molecule has 6 nitrogen and oxygen atoms in total. The van der Waals surface area contributed by atoms with Gasteiger partial charge in [-0.15, -0.1) is 0 Å². The van der Waals surface area contributed by atoms with E-state index in [1.54, 1.807) is 0 Å². The maximum absolute atomic E-state index is 12.8. The fraction of sp³-hybridized carbons (Fsp3) is 0.685. The molecular formula is C54H90O6. The Bertz CT molecular complexity index is 1190. The van der Waals surface area contributed by atoms with E-state index < -0.39 is 6.10 Å². The minimum Gasteiger partial charge on any atom is -0.462 e. The second-order valence-electron chi connectivity index (χ2n) is 16.1. The van der Waals surface area contributed by atoms with Crippen molar-refractivity contribution in [1.82, 2.24) is 0 Å². The fourth-order valence-electron chi connectivity index (χ4n) is 6.55. The summed E-state index contributed by atoms with van der Waals surface area (Å²) in [7, 11) is 0. The molecule has 0 saturated carbocycles. The smallest absolute Gasteiger partial charge is 0.306 e. The third-order valence-electron chi connectivity index (χ3n) is 10.2. The zero-order valence-corrected chi connectivity index (χ0v) is 38.9. The SMILES string of the molecule is CC/C=C/C=C/C=C/CCCCCCCC(=O)OCC(COC(=O)CCCCCCC/C=C/CCCCCCCCC)OC(=O)CCCCCCC/C=C/C=C/C=C/CC. The van der Waals surface area contributed by atoms with Gasteiger partial charge in [0.25, 0.3) is 0 Å². The molecule has 0 aromatic carbocycles. The lowest BCUT2D eigenvalue weighted by atomic mass is 10.1. The molecule has 0 bridgehead atoms. The lowest BCUT2D eigenvalue weighted by molar-refractivity contribution is -0.167. The van der Waals surface area contributed by atoms with Crippen molar-refractivity contribution >= 4 is 17.9 Å². The van der Waals surface area contributed by atoms with Gasteiger partial charge in [-0.3, -0.25) is 14.4 Å². The predicted molar refractivity (Wildman–Crippen MR) is 256 cm³/mol. The highest BCUT2D eigenvalue weighted by molar-refractivity contribution is 5.71. The molecule has 0 rings (SSSR count). The van der Waals surface area contributed by atoms with Crippen LogP contribution in [0.25, 0.3) is 0 Å². The Morgan fingerprint density at radius 2 is 0.667 bits per heavy atom. The molecule has 0 aliphatic carbocycles. The normalized spacial score (nSPS) is 12.8. The van der Waals surface area contributed by atoms with Crippen LogP contribution in [0.3, 0.4) is 0 Å². The minimum absolute atomic E-state index is 0.0969. The number of rotatable bonds is 43. The Morgan fingerprint density at radius 3 is 1.05 bits per heavy atom. The summed E-state index contributed by atoms with van der Waals surface area (Å²) in [6, 6.07) is 0. The molecule has 0 amide bonds. The Kier molecular flexibility index (Phi) is 45.5. The molecule has 0 N–H and O–H groups in total. The first-order chi connectivity index (χ1) is 29.5. The van der Waals surface area contributed by atoms with Crippen LogP contribution in [0.15, 0.2) is 85.1 Å². The Balaban J connectivity index is 4.45. The van der Waals surface area contributed by atoms with Gasteiger partial charge in [-0.25, -0.2) is 0 Å². The summed E-state index contributed by atoms with van der Waals surface area (Å²) in [6.45, 7) is 6.32. The molecule has 0 heterocycles. The van der Waals surface area contributed by atoms with Crippen LogP contribution in [0, 0.1) is 0 Å². The molecule has 0 aromatic rings. The van der Waals surface area contributed by atoms with E-state index in [9.17, 15) is 14.4 Å². The van der Waals surface area contributed by atoms with Crippen LogP contribution >= 0.6 is 0 Å². The molecular weight excluding hydrogens is 745 g/mol. The summed E-state index contributed by atoms with van der Waals surface area (Å²) < 4.78 is 16.7. The summed E-state index contributed by atoms with van der Waals surface area (Å²) in [6.07, 6.45) is 61.4. The number of hydrogen-bond acceptors (Lipinski definition) is 6. The van der Waals surface area contributed by atoms with Gasteiger partial charge in [-0.1, -0.05) is 202 Å². The maximum Gasteiger partial charge on any atom is 0.306 e. The predicted octanol–water partition coefficient (Wildman–Crippen LogP) is 16.0. The van der Waals surface area contributed by atoms with Crippen molar-refractivity contribution in [2.45, 2.75) is 226 Å². The number of carbonyl (C=O) groups is 3. The molecule has 1 unspecified atom stereocenters. The summed E-state index contributed by atoms with van der Waals surface area (Å²) in [5.74, 6) is -0.950. The maximum atomic E-state index is 12.8. The van der Waals surface area contributed by atoms with Gasteiger partial charge in [-0.2, -0.15) is 0 Å². The average Bonchev–Trinajstić information content (AvgIpc) is 3.24. The topological polar surface area (TPSA) is 78.9 Å². The molecule has 342 valence electrons. The van der Waals surface area contributed by atoms with Gasteiger partial charge in [0.1, 0.15) is 13.2 Å². The number of unbranched alkanes of at least 4 members (excludes halogenated alkanes) is 22. The summed E-state index contributed by atoms with van der Waals surface area (Å²) in [5.41, 5.74) is 0. The summed E-state index contributed by atoms with van der Waals surface area (Å²) in [5, 5.41) is 0. The van der Waals surface area contributed by atoms with Gasteiger partial charge in [0.05, 0.1) is 0 Å². The van der Waals surface area contributed by atoms with Crippen LogP contribution in [0.2, 0.25) is 0 Å². The first kappa shape index (κ1) is 56.6. The zero-order valence-electron chi connectivity index (χ0n) is 38.9. The Morgan fingerprint density at radius 1 is 0.350 bits per heavy atom. The first-order valence-corrected chi connectivity index (χ1v) is 24.7. The van der Waals surface area contributed by atoms with Gasteiger partial charge >= 0.3 is 17.9 Å². The van der Waals surface area contributed by atoms with E-state index in [1.807, 2.05) is 0 Å². The Hall–Kier alpha value is -3.41.